The number of piperidine rings is 1. The number of carbonyl (C=O) groups is 1. The maximum Gasteiger partial charge on any atom is 0.297 e. The predicted octanol–water partition coefficient (Wildman–Crippen LogP) is 8.73. The molecule has 18 nitrogen and oxygen atoms in total. The Morgan fingerprint density at radius 3 is 2.52 bits per heavy atom. The molecular weight excluding hydrogens is 977 g/mol. The van der Waals surface area contributed by atoms with Crippen LogP contribution in [-0.4, -0.2) is 122 Å². The standard InChI is InChI=1S/C56H68N8O10S/c1-34(2)41-6-4-5-7-42(41)48-32-72-23-21-62(48)39-29-56(30-39)16-19-61(20-17-56)38-8-9-43(45(26-38)63-44-13-22-71-33-50(44)74-54-47(63)25-36-12-18-57-52(36)59-54)53(65)60-75(69,70)40-27-46(64(67)68)51-49(28-40)73-31-37(58-51)24-35-10-14-55(3,66)15-11-35/h4-9,12,18,25-28,34-35,37,39,44,48,50,58,66H,10-11,13-17,19-24,29-33H2,1-3H3,(H,57,59)(H,60,65)/t35?,37-,44-,48-,50-,55?/m0/s1. The molecule has 4 N–H and O–H groups in total. The highest BCUT2D eigenvalue weighted by molar-refractivity contribution is 7.90. The first-order valence-corrected chi connectivity index (χ1v) is 28.4. The summed E-state index contributed by atoms with van der Waals surface area (Å²) in [7, 11) is -4.71. The second kappa shape index (κ2) is 19.5. The molecule has 0 radical (unpaired) electrons. The van der Waals surface area contributed by atoms with E-state index in [9.17, 15) is 28.4 Å². The Morgan fingerprint density at radius 2 is 1.73 bits per heavy atom. The lowest BCUT2D eigenvalue weighted by Gasteiger charge is -2.57. The van der Waals surface area contributed by atoms with Crippen molar-refractivity contribution >= 4 is 55.4 Å². The maximum absolute atomic E-state index is 14.9. The minimum absolute atomic E-state index is 0.0161. The Balaban J connectivity index is 0.821. The van der Waals surface area contributed by atoms with Gasteiger partial charge in [0.2, 0.25) is 5.88 Å². The zero-order valence-electron chi connectivity index (χ0n) is 43.0. The second-order valence-electron chi connectivity index (χ2n) is 22.9. The summed E-state index contributed by atoms with van der Waals surface area (Å²) >= 11 is 0. The van der Waals surface area contributed by atoms with E-state index >= 15 is 0 Å². The summed E-state index contributed by atoms with van der Waals surface area (Å²) in [6.07, 6.45) is 9.94. The van der Waals surface area contributed by atoms with E-state index in [0.717, 1.165) is 81.9 Å². The summed E-state index contributed by atoms with van der Waals surface area (Å²) in [5, 5.41) is 27.2. The van der Waals surface area contributed by atoms with Gasteiger partial charge in [0.1, 0.15) is 24.0 Å². The Hall–Kier alpha value is -5.99. The van der Waals surface area contributed by atoms with Crippen molar-refractivity contribution < 1.29 is 42.2 Å². The molecule has 75 heavy (non-hydrogen) atoms. The van der Waals surface area contributed by atoms with Gasteiger partial charge < -0.3 is 44.2 Å². The Morgan fingerprint density at radius 1 is 0.947 bits per heavy atom. The zero-order chi connectivity index (χ0) is 51.8. The van der Waals surface area contributed by atoms with Crippen molar-refractivity contribution in [2.45, 2.75) is 132 Å². The van der Waals surface area contributed by atoms with Crippen molar-refractivity contribution in [2.75, 3.05) is 67.8 Å². The number of morpholine rings is 1. The molecule has 2 aliphatic carbocycles. The number of aliphatic hydroxyl groups is 1. The van der Waals surface area contributed by atoms with E-state index in [1.54, 1.807) is 6.07 Å². The molecule has 1 spiro atoms. The molecule has 4 atom stereocenters. The topological polar surface area (TPSA) is 214 Å². The van der Waals surface area contributed by atoms with Crippen LogP contribution in [0.25, 0.3) is 11.0 Å². The first kappa shape index (κ1) is 49.9. The number of nitro benzene ring substituents is 1. The van der Waals surface area contributed by atoms with Gasteiger partial charge in [-0.15, -0.1) is 0 Å². The lowest BCUT2D eigenvalue weighted by atomic mass is 9.59. The Bertz CT molecular complexity index is 3100. The van der Waals surface area contributed by atoms with Gasteiger partial charge in [-0.2, -0.15) is 4.98 Å². The second-order valence-corrected chi connectivity index (χ2v) is 24.6. The molecule has 0 unspecified atom stereocenters. The number of anilines is 4. The van der Waals surface area contributed by atoms with Gasteiger partial charge in [-0.25, -0.2) is 13.1 Å². The number of nitrogens with zero attached hydrogens (tertiary/aromatic N) is 5. The molecule has 19 heteroatoms. The molecule has 3 aromatic carbocycles. The normalized spacial score (nSPS) is 26.8. The lowest BCUT2D eigenvalue weighted by Crippen LogP contribution is -2.58. The van der Waals surface area contributed by atoms with Crippen LogP contribution >= 0.6 is 0 Å². The van der Waals surface area contributed by atoms with Crippen LogP contribution in [0.4, 0.5) is 28.4 Å². The molecule has 1 amide bonds. The highest BCUT2D eigenvalue weighted by atomic mass is 32.2. The van der Waals surface area contributed by atoms with Crippen molar-refractivity contribution in [3.8, 4) is 11.6 Å². The fourth-order valence-corrected chi connectivity index (χ4v) is 14.4. The number of sulfonamides is 1. The highest BCUT2D eigenvalue weighted by Gasteiger charge is 2.50. The molecule has 7 aliphatic rings. The van der Waals surface area contributed by atoms with E-state index < -0.39 is 43.1 Å². The summed E-state index contributed by atoms with van der Waals surface area (Å²) in [5.74, 6) is 0.206. The number of nitro groups is 1. The average molecular weight is 1050 g/mol. The Labute approximate surface area is 437 Å². The number of aromatic amines is 1. The van der Waals surface area contributed by atoms with E-state index in [-0.39, 0.29) is 47.1 Å². The van der Waals surface area contributed by atoms with Crippen LogP contribution in [0.2, 0.25) is 0 Å². The molecule has 2 aromatic heterocycles. The monoisotopic (exact) mass is 1040 g/mol. The molecule has 398 valence electrons. The van der Waals surface area contributed by atoms with E-state index in [4.69, 9.17) is 23.9 Å². The molecular formula is C56H68N8O10S. The minimum atomic E-state index is -4.71. The van der Waals surface area contributed by atoms with E-state index in [2.05, 4.69) is 67.8 Å². The molecule has 12 rings (SSSR count). The molecule has 7 heterocycles. The van der Waals surface area contributed by atoms with Crippen LogP contribution in [-0.2, 0) is 19.5 Å². The van der Waals surface area contributed by atoms with Gasteiger partial charge in [0.25, 0.3) is 21.6 Å². The van der Waals surface area contributed by atoms with Crippen LogP contribution < -0.4 is 29.3 Å². The van der Waals surface area contributed by atoms with Crippen LogP contribution in [0.5, 0.6) is 11.6 Å². The molecule has 5 fully saturated rings. The number of fused-ring (bicyclic) bond motifs is 4. The number of aromatic nitrogens is 2. The van der Waals surface area contributed by atoms with Crippen molar-refractivity contribution in [3.63, 3.8) is 0 Å². The van der Waals surface area contributed by atoms with Gasteiger partial charge in [0.15, 0.2) is 11.4 Å². The number of hydrogen-bond acceptors (Lipinski definition) is 15. The number of pyridine rings is 1. The summed E-state index contributed by atoms with van der Waals surface area (Å²) in [4.78, 5) is 41.5. The third kappa shape index (κ3) is 9.57. The van der Waals surface area contributed by atoms with E-state index in [0.29, 0.717) is 86.3 Å². The number of benzene rings is 3. The largest absolute Gasteiger partial charge is 0.489 e. The SMILES string of the molecule is CC(C)c1ccccc1[C@@H]1COCCN1C1CC2(CCN(c3ccc(C(=O)NS(=O)(=O)c4cc5c(c([N+](=O)[O-])c4)N[C@@H](CC4CCC(C)(O)CC4)CO5)c(N4c5cc6cc[nH]c6nc5O[C@H]5COCC[C@@H]54)c3)CC2)C1. The zero-order valence-corrected chi connectivity index (χ0v) is 43.8. The molecule has 3 saturated heterocycles. The van der Waals surface area contributed by atoms with Gasteiger partial charge in [-0.05, 0) is 130 Å². The minimum Gasteiger partial charge on any atom is -0.489 e. The van der Waals surface area contributed by atoms with Crippen LogP contribution in [0, 0.1) is 21.4 Å². The van der Waals surface area contributed by atoms with Crippen molar-refractivity contribution in [1.29, 1.82) is 0 Å². The number of hydrogen-bond donors (Lipinski definition) is 4. The van der Waals surface area contributed by atoms with Crippen LogP contribution in [0.3, 0.4) is 0 Å². The van der Waals surface area contributed by atoms with Gasteiger partial charge in [0, 0.05) is 61.7 Å². The third-order valence-electron chi connectivity index (χ3n) is 17.6. The number of carbonyl (C=O) groups excluding carboxylic acids is 1. The van der Waals surface area contributed by atoms with Gasteiger partial charge in [-0.1, -0.05) is 38.1 Å². The summed E-state index contributed by atoms with van der Waals surface area (Å²) in [5.41, 5.74) is 4.70. The van der Waals surface area contributed by atoms with Crippen molar-refractivity contribution in [1.82, 2.24) is 19.6 Å². The molecule has 2 saturated carbocycles. The molecule has 5 aliphatic heterocycles. The quantitative estimate of drug-likeness (QED) is 0.0719. The Kier molecular flexibility index (Phi) is 13.0. The molecule has 5 aromatic rings. The maximum atomic E-state index is 14.9. The lowest BCUT2D eigenvalue weighted by molar-refractivity contribution is -0.384. The number of nitrogens with one attached hydrogen (secondary N) is 3. The average Bonchev–Trinajstić information content (AvgIpc) is 3.86. The van der Waals surface area contributed by atoms with Crippen molar-refractivity contribution in [3.05, 3.63) is 99.7 Å². The fourth-order valence-electron chi connectivity index (χ4n) is 13.4. The van der Waals surface area contributed by atoms with E-state index in [1.165, 1.54) is 17.2 Å². The predicted molar refractivity (Wildman–Crippen MR) is 284 cm³/mol. The first-order valence-electron chi connectivity index (χ1n) is 27.0. The van der Waals surface area contributed by atoms with Gasteiger partial charge >= 0.3 is 0 Å². The van der Waals surface area contributed by atoms with Crippen LogP contribution in [0.1, 0.15) is 118 Å². The smallest absolute Gasteiger partial charge is 0.297 e. The highest BCUT2D eigenvalue weighted by Crippen LogP contribution is 2.54. The van der Waals surface area contributed by atoms with Gasteiger partial charge in [-0.3, -0.25) is 19.8 Å². The number of rotatable bonds is 11. The summed E-state index contributed by atoms with van der Waals surface area (Å²) in [6.45, 7) is 11.3. The third-order valence-corrected chi connectivity index (χ3v) is 18.9. The van der Waals surface area contributed by atoms with Gasteiger partial charge in [0.05, 0.1) is 64.6 Å². The summed E-state index contributed by atoms with van der Waals surface area (Å²) < 4.78 is 55.7. The number of H-pyrrole nitrogens is 1. The van der Waals surface area contributed by atoms with E-state index in [1.807, 2.05) is 37.4 Å². The first-order chi connectivity index (χ1) is 36.1. The number of amides is 1. The van der Waals surface area contributed by atoms with Crippen molar-refractivity contribution in [2.24, 2.45) is 11.3 Å². The van der Waals surface area contributed by atoms with Crippen LogP contribution in [0.15, 0.2) is 77.8 Å². The fraction of sp³-hybridized carbons (Fsp3) is 0.536. The summed E-state index contributed by atoms with van der Waals surface area (Å²) in [6, 6.07) is 20.7. The number of ether oxygens (including phenoxy) is 4. The molecule has 0 bridgehead atoms.